The number of benzene rings is 1. The van der Waals surface area contributed by atoms with Crippen molar-refractivity contribution in [3.8, 4) is 11.3 Å². The summed E-state index contributed by atoms with van der Waals surface area (Å²) in [4.78, 5) is 17.0. The van der Waals surface area contributed by atoms with E-state index in [4.69, 9.17) is 0 Å². The molecule has 1 amide bonds. The maximum absolute atomic E-state index is 12.9. The number of hydrogen-bond acceptors (Lipinski definition) is 2. The van der Waals surface area contributed by atoms with Gasteiger partial charge >= 0.3 is 6.18 Å². The summed E-state index contributed by atoms with van der Waals surface area (Å²) in [6.45, 7) is 2.14. The van der Waals surface area contributed by atoms with Crippen LogP contribution >= 0.6 is 0 Å². The lowest BCUT2D eigenvalue weighted by Crippen LogP contribution is -2.13. The number of carbonyl (C=O) groups is 1. The molecule has 0 aliphatic rings. The first kappa shape index (κ1) is 20.9. The molecule has 2 aromatic heterocycles. The Balaban J connectivity index is 1.84. The van der Waals surface area contributed by atoms with Crippen LogP contribution in [0.2, 0.25) is 0 Å². The first-order chi connectivity index (χ1) is 13.9. The molecule has 4 nitrogen and oxygen atoms in total. The predicted octanol–water partition coefficient (Wildman–Crippen LogP) is 6.32. The Hall–Kier alpha value is -2.83. The maximum atomic E-state index is 12.9. The number of nitrogens with zero attached hydrogens (tertiary/aromatic N) is 2. The fraction of sp³-hybridized carbons (Fsp3) is 0.364. The number of halogens is 3. The number of anilines is 1. The van der Waals surface area contributed by atoms with Crippen molar-refractivity contribution < 1.29 is 18.0 Å². The molecule has 2 heterocycles. The molecule has 0 saturated heterocycles. The Labute approximate surface area is 167 Å². The Kier molecular flexibility index (Phi) is 6.56. The van der Waals surface area contributed by atoms with Crippen LogP contribution in [-0.2, 0) is 11.0 Å². The van der Waals surface area contributed by atoms with Gasteiger partial charge in [-0.2, -0.15) is 13.2 Å². The monoisotopic (exact) mass is 403 g/mol. The van der Waals surface area contributed by atoms with Crippen LogP contribution in [0, 0.1) is 0 Å². The lowest BCUT2D eigenvalue weighted by Gasteiger charge is -2.09. The molecule has 1 N–H and O–H groups in total. The molecule has 3 rings (SSSR count). The summed E-state index contributed by atoms with van der Waals surface area (Å²) in [6.07, 6.45) is 2.99. The van der Waals surface area contributed by atoms with Gasteiger partial charge in [0.1, 0.15) is 17.2 Å². The molecule has 0 unspecified atom stereocenters. The SMILES string of the molecule is CCCCCCCC(=O)Nc1c(-c2ccc(C(F)(F)F)cc2)nc2ccccn12. The van der Waals surface area contributed by atoms with Crippen LogP contribution in [0.25, 0.3) is 16.9 Å². The second kappa shape index (κ2) is 9.11. The number of amides is 1. The summed E-state index contributed by atoms with van der Waals surface area (Å²) in [5.41, 5.74) is 0.854. The van der Waals surface area contributed by atoms with Gasteiger partial charge in [0.2, 0.25) is 5.91 Å². The van der Waals surface area contributed by atoms with E-state index >= 15 is 0 Å². The van der Waals surface area contributed by atoms with E-state index in [0.717, 1.165) is 44.2 Å². The molecule has 29 heavy (non-hydrogen) atoms. The van der Waals surface area contributed by atoms with Crippen molar-refractivity contribution in [1.29, 1.82) is 0 Å². The number of carbonyl (C=O) groups excluding carboxylic acids is 1. The van der Waals surface area contributed by atoms with Crippen LogP contribution in [0.3, 0.4) is 0 Å². The number of unbranched alkanes of at least 4 members (excludes halogenated alkanes) is 4. The van der Waals surface area contributed by atoms with Gasteiger partial charge in [0.15, 0.2) is 0 Å². The number of fused-ring (bicyclic) bond motifs is 1. The third kappa shape index (κ3) is 5.16. The molecule has 154 valence electrons. The van der Waals surface area contributed by atoms with Gasteiger partial charge < -0.3 is 5.32 Å². The quantitative estimate of drug-likeness (QED) is 0.448. The second-order valence-corrected chi connectivity index (χ2v) is 7.03. The lowest BCUT2D eigenvalue weighted by molar-refractivity contribution is -0.137. The van der Waals surface area contributed by atoms with Crippen LogP contribution in [-0.4, -0.2) is 15.3 Å². The molecule has 0 spiro atoms. The highest BCUT2D eigenvalue weighted by Crippen LogP contribution is 2.33. The molecule has 3 aromatic rings. The van der Waals surface area contributed by atoms with Crippen molar-refractivity contribution in [2.75, 3.05) is 5.32 Å². The van der Waals surface area contributed by atoms with E-state index in [9.17, 15) is 18.0 Å². The average Bonchev–Trinajstić information content (AvgIpc) is 3.06. The van der Waals surface area contributed by atoms with Crippen LogP contribution in [0.4, 0.5) is 19.0 Å². The number of imidazole rings is 1. The van der Waals surface area contributed by atoms with E-state index in [0.29, 0.717) is 29.1 Å². The van der Waals surface area contributed by atoms with Crippen molar-refractivity contribution in [3.63, 3.8) is 0 Å². The Morgan fingerprint density at radius 3 is 2.45 bits per heavy atom. The first-order valence-corrected chi connectivity index (χ1v) is 9.84. The standard InChI is InChI=1S/C22H24F3N3O/c1-2-3-4-5-6-10-19(29)27-21-20(26-18-9-7-8-15-28(18)21)16-11-13-17(14-12-16)22(23,24)25/h7-9,11-15H,2-6,10H2,1H3,(H,27,29). The van der Waals surface area contributed by atoms with Crippen molar-refractivity contribution in [2.45, 2.75) is 51.6 Å². The highest BCUT2D eigenvalue weighted by molar-refractivity contribution is 5.94. The van der Waals surface area contributed by atoms with E-state index in [1.807, 2.05) is 12.1 Å². The smallest absolute Gasteiger partial charge is 0.310 e. The van der Waals surface area contributed by atoms with Crippen LogP contribution in [0.5, 0.6) is 0 Å². The summed E-state index contributed by atoms with van der Waals surface area (Å²) in [5.74, 6) is 0.347. The van der Waals surface area contributed by atoms with Gasteiger partial charge in [-0.25, -0.2) is 4.98 Å². The predicted molar refractivity (Wildman–Crippen MR) is 108 cm³/mol. The minimum Gasteiger partial charge on any atom is -0.310 e. The Morgan fingerprint density at radius 1 is 1.03 bits per heavy atom. The zero-order valence-electron chi connectivity index (χ0n) is 16.3. The lowest BCUT2D eigenvalue weighted by atomic mass is 10.1. The molecule has 0 bridgehead atoms. The van der Waals surface area contributed by atoms with Gasteiger partial charge in [-0.15, -0.1) is 0 Å². The maximum Gasteiger partial charge on any atom is 0.416 e. The van der Waals surface area contributed by atoms with Gasteiger partial charge in [-0.1, -0.05) is 50.8 Å². The van der Waals surface area contributed by atoms with Crippen LogP contribution in [0.1, 0.15) is 51.0 Å². The largest absolute Gasteiger partial charge is 0.416 e. The normalized spacial score (nSPS) is 11.7. The molecule has 0 saturated carbocycles. The molecule has 7 heteroatoms. The number of rotatable bonds is 8. The van der Waals surface area contributed by atoms with Gasteiger partial charge in [0, 0.05) is 18.2 Å². The summed E-state index contributed by atoms with van der Waals surface area (Å²) >= 11 is 0. The fourth-order valence-electron chi connectivity index (χ4n) is 3.22. The minimum atomic E-state index is -4.40. The van der Waals surface area contributed by atoms with E-state index in [1.54, 1.807) is 16.7 Å². The average molecular weight is 403 g/mol. The van der Waals surface area contributed by atoms with E-state index < -0.39 is 11.7 Å². The number of pyridine rings is 1. The summed E-state index contributed by atoms with van der Waals surface area (Å²) < 4.78 is 40.3. The van der Waals surface area contributed by atoms with Crippen LogP contribution in [0.15, 0.2) is 48.7 Å². The third-order valence-electron chi connectivity index (χ3n) is 4.78. The van der Waals surface area contributed by atoms with Crippen molar-refractivity contribution in [1.82, 2.24) is 9.38 Å². The van der Waals surface area contributed by atoms with Gasteiger partial charge in [0.25, 0.3) is 0 Å². The molecule has 0 atom stereocenters. The molecular formula is C22H24F3N3O. The number of hydrogen-bond donors (Lipinski definition) is 1. The zero-order valence-corrected chi connectivity index (χ0v) is 16.3. The summed E-state index contributed by atoms with van der Waals surface area (Å²) in [6, 6.07) is 10.2. The second-order valence-electron chi connectivity index (χ2n) is 7.03. The van der Waals surface area contributed by atoms with Crippen molar-refractivity contribution >= 4 is 17.4 Å². The molecule has 0 aliphatic heterocycles. The van der Waals surface area contributed by atoms with E-state index in [1.165, 1.54) is 12.1 Å². The minimum absolute atomic E-state index is 0.125. The number of aromatic nitrogens is 2. The Morgan fingerprint density at radius 2 is 1.76 bits per heavy atom. The fourth-order valence-corrected chi connectivity index (χ4v) is 3.22. The highest BCUT2D eigenvalue weighted by Gasteiger charge is 2.30. The number of nitrogens with one attached hydrogen (secondary N) is 1. The molecule has 0 radical (unpaired) electrons. The highest BCUT2D eigenvalue weighted by atomic mass is 19.4. The van der Waals surface area contributed by atoms with Crippen molar-refractivity contribution in [2.24, 2.45) is 0 Å². The molecule has 1 aromatic carbocycles. The Bertz CT molecular complexity index is 962. The molecule has 0 aliphatic carbocycles. The van der Waals surface area contributed by atoms with E-state index in [-0.39, 0.29) is 5.91 Å². The molecule has 0 fully saturated rings. The number of alkyl halides is 3. The van der Waals surface area contributed by atoms with Gasteiger partial charge in [-0.05, 0) is 30.7 Å². The van der Waals surface area contributed by atoms with Gasteiger partial charge in [0.05, 0.1) is 5.56 Å². The van der Waals surface area contributed by atoms with Crippen LogP contribution < -0.4 is 5.32 Å². The third-order valence-corrected chi connectivity index (χ3v) is 4.78. The van der Waals surface area contributed by atoms with Gasteiger partial charge in [-0.3, -0.25) is 9.20 Å². The summed E-state index contributed by atoms with van der Waals surface area (Å²) in [5, 5.41) is 2.91. The van der Waals surface area contributed by atoms with E-state index in [2.05, 4.69) is 17.2 Å². The topological polar surface area (TPSA) is 46.4 Å². The molecular weight excluding hydrogens is 379 g/mol. The summed E-state index contributed by atoms with van der Waals surface area (Å²) in [7, 11) is 0. The first-order valence-electron chi connectivity index (χ1n) is 9.84. The van der Waals surface area contributed by atoms with Crippen molar-refractivity contribution in [3.05, 3.63) is 54.2 Å². The zero-order chi connectivity index (χ0) is 20.9.